The molecule has 0 spiro atoms. The normalized spacial score (nSPS) is 14.9. The lowest BCUT2D eigenvalue weighted by molar-refractivity contribution is 0.683. The molecule has 0 amide bonds. The summed E-state index contributed by atoms with van der Waals surface area (Å²) in [6, 6.07) is 17.5. The minimum Gasteiger partial charge on any atom is -0.240 e. The van der Waals surface area contributed by atoms with E-state index >= 15 is 0 Å². The van der Waals surface area contributed by atoms with Crippen molar-refractivity contribution >= 4 is 36.6 Å². The number of nitrogens with zero attached hydrogens (tertiary/aromatic N) is 1. The van der Waals surface area contributed by atoms with E-state index < -0.39 is 30.7 Å². The standard InChI is InChI=1S/C14H14INOS/c1-12-8-10-14(11-9-12)18(2,17)16-15-13-6-4-3-5-7-13/h3-11H,2H2,1H3. The van der Waals surface area contributed by atoms with E-state index in [9.17, 15) is 4.21 Å². The Balaban J connectivity index is 2.28. The van der Waals surface area contributed by atoms with Crippen LogP contribution in [-0.2, 0) is 9.71 Å². The molecule has 0 bridgehead atoms. The summed E-state index contributed by atoms with van der Waals surface area (Å²) in [5, 5.41) is 0. The van der Waals surface area contributed by atoms with Gasteiger partial charge in [0.2, 0.25) is 0 Å². The van der Waals surface area contributed by atoms with Crippen molar-refractivity contribution in [2.45, 2.75) is 11.8 Å². The minimum atomic E-state index is -2.50. The Kier molecular flexibility index (Phi) is 4.29. The number of hydrogen-bond donors (Lipinski definition) is 0. The van der Waals surface area contributed by atoms with Crippen LogP contribution < -0.4 is 0 Å². The second-order valence-corrected chi connectivity index (χ2v) is 8.70. The molecule has 0 radical (unpaired) electrons. The lowest BCUT2D eigenvalue weighted by Crippen LogP contribution is -1.94. The molecular formula is C14H14INOS. The van der Waals surface area contributed by atoms with Crippen LogP contribution in [0.15, 0.2) is 62.0 Å². The van der Waals surface area contributed by atoms with Crippen molar-refractivity contribution in [3.05, 3.63) is 63.7 Å². The highest BCUT2D eigenvalue weighted by atomic mass is 127. The molecule has 4 heteroatoms. The van der Waals surface area contributed by atoms with Crippen LogP contribution in [-0.4, -0.2) is 10.1 Å². The molecule has 0 aliphatic heterocycles. The molecule has 0 heterocycles. The molecule has 1 atom stereocenters. The van der Waals surface area contributed by atoms with Crippen LogP contribution in [0.1, 0.15) is 5.56 Å². The molecule has 0 N–H and O–H groups in total. The Morgan fingerprint density at radius 3 is 2.28 bits per heavy atom. The van der Waals surface area contributed by atoms with Gasteiger partial charge in [0, 0.05) is 24.6 Å². The van der Waals surface area contributed by atoms with Gasteiger partial charge in [-0.2, -0.15) is 2.55 Å². The van der Waals surface area contributed by atoms with Gasteiger partial charge < -0.3 is 0 Å². The summed E-state index contributed by atoms with van der Waals surface area (Å²) in [5.74, 6) is 3.77. The van der Waals surface area contributed by atoms with E-state index in [0.717, 1.165) is 9.13 Å². The molecule has 18 heavy (non-hydrogen) atoms. The summed E-state index contributed by atoms with van der Waals surface area (Å²) in [6.07, 6.45) is 0. The highest BCUT2D eigenvalue weighted by molar-refractivity contribution is 14.2. The van der Waals surface area contributed by atoms with Gasteiger partial charge in [0.15, 0.2) is 0 Å². The van der Waals surface area contributed by atoms with E-state index in [-0.39, 0.29) is 0 Å². The molecule has 0 saturated heterocycles. The van der Waals surface area contributed by atoms with Crippen LogP contribution in [0, 0.1) is 10.5 Å². The molecule has 94 valence electrons. The number of hydrogen-bond acceptors (Lipinski definition) is 1. The first kappa shape index (κ1) is 13.4. The molecule has 1 unspecified atom stereocenters. The van der Waals surface area contributed by atoms with E-state index in [0.29, 0.717) is 4.90 Å². The van der Waals surface area contributed by atoms with Crippen LogP contribution in [0.5, 0.6) is 0 Å². The van der Waals surface area contributed by atoms with Crippen molar-refractivity contribution in [3.8, 4) is 0 Å². The first-order valence-electron chi connectivity index (χ1n) is 5.43. The van der Waals surface area contributed by atoms with Gasteiger partial charge in [-0.1, -0.05) is 35.9 Å². The molecule has 0 saturated carbocycles. The van der Waals surface area contributed by atoms with Crippen LogP contribution in [0.3, 0.4) is 0 Å². The van der Waals surface area contributed by atoms with Crippen LogP contribution in [0.2, 0.25) is 0 Å². The molecular weight excluding hydrogens is 357 g/mol. The van der Waals surface area contributed by atoms with Crippen molar-refractivity contribution in [1.82, 2.24) is 0 Å². The van der Waals surface area contributed by atoms with E-state index in [4.69, 9.17) is 0 Å². The summed E-state index contributed by atoms with van der Waals surface area (Å²) < 4.78 is 17.9. The van der Waals surface area contributed by atoms with E-state index in [1.807, 2.05) is 61.5 Å². The predicted octanol–water partition coefficient (Wildman–Crippen LogP) is 4.01. The second kappa shape index (κ2) is 5.75. The van der Waals surface area contributed by atoms with E-state index in [2.05, 4.69) is 8.42 Å². The lowest BCUT2D eigenvalue weighted by atomic mass is 10.2. The molecule has 0 fully saturated rings. The summed E-state index contributed by atoms with van der Waals surface area (Å²) in [6.45, 7) is 2.00. The maximum atomic E-state index is 12.4. The fourth-order valence-electron chi connectivity index (χ4n) is 1.36. The third kappa shape index (κ3) is 3.49. The zero-order valence-corrected chi connectivity index (χ0v) is 13.0. The van der Waals surface area contributed by atoms with Crippen molar-refractivity contribution in [1.29, 1.82) is 0 Å². The fourth-order valence-corrected chi connectivity index (χ4v) is 5.25. The smallest absolute Gasteiger partial charge is 0.0990 e. The second-order valence-electron chi connectivity index (χ2n) is 3.90. The van der Waals surface area contributed by atoms with Gasteiger partial charge in [0.05, 0.1) is 14.6 Å². The van der Waals surface area contributed by atoms with Gasteiger partial charge in [-0.25, -0.2) is 4.21 Å². The average molecular weight is 371 g/mol. The largest absolute Gasteiger partial charge is 0.240 e. The van der Waals surface area contributed by atoms with Crippen molar-refractivity contribution in [3.63, 3.8) is 0 Å². The summed E-state index contributed by atoms with van der Waals surface area (Å²) >= 11 is -0.610. The van der Waals surface area contributed by atoms with Gasteiger partial charge in [-0.15, -0.1) is 0 Å². The topological polar surface area (TPSA) is 29.4 Å². The van der Waals surface area contributed by atoms with E-state index in [1.54, 1.807) is 0 Å². The number of rotatable bonds is 3. The van der Waals surface area contributed by atoms with Crippen LogP contribution >= 0.6 is 21.0 Å². The van der Waals surface area contributed by atoms with Gasteiger partial charge in [-0.3, -0.25) is 0 Å². The minimum absolute atomic E-state index is 0.610. The average Bonchev–Trinajstić information content (AvgIpc) is 2.38. The van der Waals surface area contributed by atoms with Crippen molar-refractivity contribution in [2.75, 3.05) is 0 Å². The predicted molar refractivity (Wildman–Crippen MR) is 86.3 cm³/mol. The Morgan fingerprint density at radius 1 is 1.06 bits per heavy atom. The zero-order chi connectivity index (χ0) is 13.0. The van der Waals surface area contributed by atoms with E-state index in [1.165, 1.54) is 0 Å². The van der Waals surface area contributed by atoms with Gasteiger partial charge in [0.1, 0.15) is 0 Å². The number of aryl methyl sites for hydroxylation is 1. The Bertz CT molecular complexity index is 646. The van der Waals surface area contributed by atoms with Crippen molar-refractivity contribution in [2.24, 2.45) is 2.55 Å². The summed E-state index contributed by atoms with van der Waals surface area (Å²) in [7, 11) is -2.50. The Labute approximate surface area is 118 Å². The molecule has 0 aromatic heterocycles. The Morgan fingerprint density at radius 2 is 1.67 bits per heavy atom. The zero-order valence-electron chi connectivity index (χ0n) is 10.0. The molecule has 2 rings (SSSR count). The fraction of sp³-hybridized carbons (Fsp3) is 0.0714. The highest BCUT2D eigenvalue weighted by Gasteiger charge is 2.04. The molecule has 2 aromatic rings. The summed E-state index contributed by atoms with van der Waals surface area (Å²) in [4.78, 5) is 0.712. The molecule has 2 aromatic carbocycles. The number of benzene rings is 2. The van der Waals surface area contributed by atoms with Crippen LogP contribution in [0.4, 0.5) is 0 Å². The SMILES string of the molecule is C=S(=O)(N=Ic1ccccc1)c1ccc(C)cc1. The molecule has 2 nitrogen and oxygen atoms in total. The monoisotopic (exact) mass is 371 g/mol. The van der Waals surface area contributed by atoms with Crippen LogP contribution in [0.25, 0.3) is 0 Å². The van der Waals surface area contributed by atoms with Gasteiger partial charge >= 0.3 is 0 Å². The number of halogens is 1. The van der Waals surface area contributed by atoms with Gasteiger partial charge in [-0.05, 0) is 37.1 Å². The third-order valence-electron chi connectivity index (χ3n) is 2.37. The third-order valence-corrected chi connectivity index (χ3v) is 7.44. The first-order chi connectivity index (χ1) is 8.58. The highest BCUT2D eigenvalue weighted by Crippen LogP contribution is 2.21. The molecule has 0 aliphatic carbocycles. The molecule has 0 aliphatic rings. The quantitative estimate of drug-likeness (QED) is 0.592. The maximum absolute atomic E-state index is 12.4. The lowest BCUT2D eigenvalue weighted by Gasteiger charge is -2.03. The van der Waals surface area contributed by atoms with Gasteiger partial charge in [0.25, 0.3) is 0 Å². The first-order valence-corrected chi connectivity index (χ1v) is 9.16. The maximum Gasteiger partial charge on any atom is 0.0990 e. The Hall–Kier alpha value is -1.01. The summed E-state index contributed by atoms with van der Waals surface area (Å²) in [5.41, 5.74) is 1.15. The van der Waals surface area contributed by atoms with Crippen molar-refractivity contribution < 1.29 is 4.21 Å².